The second-order valence-electron chi connectivity index (χ2n) is 5.27. The zero-order valence-electron chi connectivity index (χ0n) is 11.6. The van der Waals surface area contributed by atoms with Crippen LogP contribution in [0.3, 0.4) is 0 Å². The van der Waals surface area contributed by atoms with E-state index in [0.717, 1.165) is 37.1 Å². The lowest BCUT2D eigenvalue weighted by Gasteiger charge is -2.30. The molecule has 1 heterocycles. The maximum Gasteiger partial charge on any atom is 0.151 e. The molecule has 0 aromatic carbocycles. The molecule has 0 atom stereocenters. The Bertz CT molecular complexity index is 345. The first-order valence-corrected chi connectivity index (χ1v) is 7.15. The maximum atomic E-state index is 5.39. The van der Waals surface area contributed by atoms with Gasteiger partial charge in [-0.2, -0.15) is 0 Å². The van der Waals surface area contributed by atoms with Crippen LogP contribution < -0.4 is 5.32 Å². The molecule has 18 heavy (non-hydrogen) atoms. The van der Waals surface area contributed by atoms with E-state index in [0.29, 0.717) is 0 Å². The molecule has 4 heteroatoms. The number of nitrogens with one attached hydrogen (secondary N) is 1. The van der Waals surface area contributed by atoms with Crippen LogP contribution in [0.15, 0.2) is 10.6 Å². The van der Waals surface area contributed by atoms with E-state index in [9.17, 15) is 0 Å². The highest BCUT2D eigenvalue weighted by atomic mass is 16.5. The standard InChI is InChI=1S/C14H25N3O/c1-3-15-10-12-9-14(18-16-12)11-17(2)13-7-5-4-6-8-13/h9,13,15H,3-8,10-11H2,1-2H3. The van der Waals surface area contributed by atoms with Gasteiger partial charge in [-0.05, 0) is 26.4 Å². The van der Waals surface area contributed by atoms with Gasteiger partial charge in [-0.25, -0.2) is 0 Å². The summed E-state index contributed by atoms with van der Waals surface area (Å²) in [6.07, 6.45) is 6.80. The molecule has 0 saturated heterocycles. The smallest absolute Gasteiger partial charge is 0.151 e. The van der Waals surface area contributed by atoms with Gasteiger partial charge in [0, 0.05) is 18.7 Å². The van der Waals surface area contributed by atoms with E-state index in [-0.39, 0.29) is 0 Å². The molecule has 1 aliphatic carbocycles. The number of aromatic nitrogens is 1. The normalized spacial score (nSPS) is 17.5. The summed E-state index contributed by atoms with van der Waals surface area (Å²) in [5, 5.41) is 7.35. The predicted molar refractivity (Wildman–Crippen MR) is 72.2 cm³/mol. The largest absolute Gasteiger partial charge is 0.360 e. The fourth-order valence-corrected chi connectivity index (χ4v) is 2.66. The quantitative estimate of drug-likeness (QED) is 0.843. The zero-order valence-corrected chi connectivity index (χ0v) is 11.6. The Labute approximate surface area is 110 Å². The van der Waals surface area contributed by atoms with Crippen LogP contribution in [0.4, 0.5) is 0 Å². The van der Waals surface area contributed by atoms with Crippen molar-refractivity contribution < 1.29 is 4.52 Å². The minimum Gasteiger partial charge on any atom is -0.360 e. The second-order valence-corrected chi connectivity index (χ2v) is 5.27. The van der Waals surface area contributed by atoms with Crippen LogP contribution in [0.2, 0.25) is 0 Å². The highest BCUT2D eigenvalue weighted by Crippen LogP contribution is 2.22. The van der Waals surface area contributed by atoms with Crippen molar-refractivity contribution in [2.24, 2.45) is 0 Å². The van der Waals surface area contributed by atoms with E-state index in [1.165, 1.54) is 32.1 Å². The fraction of sp³-hybridized carbons (Fsp3) is 0.786. The van der Waals surface area contributed by atoms with Crippen molar-refractivity contribution in [1.82, 2.24) is 15.4 Å². The van der Waals surface area contributed by atoms with Crippen molar-refractivity contribution in [1.29, 1.82) is 0 Å². The van der Waals surface area contributed by atoms with Crippen LogP contribution in [0.25, 0.3) is 0 Å². The molecular weight excluding hydrogens is 226 g/mol. The number of hydrogen-bond donors (Lipinski definition) is 1. The Morgan fingerprint density at radius 3 is 2.89 bits per heavy atom. The summed E-state index contributed by atoms with van der Waals surface area (Å²) in [5.74, 6) is 0.982. The molecular formula is C14H25N3O. The third-order valence-corrected chi connectivity index (χ3v) is 3.77. The Balaban J connectivity index is 1.82. The predicted octanol–water partition coefficient (Wildman–Crippen LogP) is 2.55. The van der Waals surface area contributed by atoms with E-state index < -0.39 is 0 Å². The van der Waals surface area contributed by atoms with Crippen LogP contribution in [-0.2, 0) is 13.1 Å². The van der Waals surface area contributed by atoms with Crippen LogP contribution >= 0.6 is 0 Å². The molecule has 0 amide bonds. The van der Waals surface area contributed by atoms with Crippen molar-refractivity contribution in [3.8, 4) is 0 Å². The summed E-state index contributed by atoms with van der Waals surface area (Å²) < 4.78 is 5.39. The lowest BCUT2D eigenvalue weighted by molar-refractivity contribution is 0.167. The molecule has 102 valence electrons. The third kappa shape index (κ3) is 3.82. The van der Waals surface area contributed by atoms with Crippen molar-refractivity contribution >= 4 is 0 Å². The second kappa shape index (κ2) is 6.90. The zero-order chi connectivity index (χ0) is 12.8. The van der Waals surface area contributed by atoms with Crippen molar-refractivity contribution in [2.75, 3.05) is 13.6 Å². The summed E-state index contributed by atoms with van der Waals surface area (Å²) in [6, 6.07) is 2.79. The topological polar surface area (TPSA) is 41.3 Å². The molecule has 4 nitrogen and oxygen atoms in total. The average molecular weight is 251 g/mol. The van der Waals surface area contributed by atoms with Gasteiger partial charge in [-0.3, -0.25) is 4.90 Å². The molecule has 0 spiro atoms. The summed E-state index contributed by atoms with van der Waals surface area (Å²) in [7, 11) is 2.20. The Hall–Kier alpha value is -0.870. The Morgan fingerprint density at radius 1 is 1.39 bits per heavy atom. The highest BCUT2D eigenvalue weighted by molar-refractivity contribution is 5.05. The summed E-state index contributed by atoms with van der Waals surface area (Å²) >= 11 is 0. The van der Waals surface area contributed by atoms with Gasteiger partial charge in [0.05, 0.1) is 12.2 Å². The maximum absolute atomic E-state index is 5.39. The summed E-state index contributed by atoms with van der Waals surface area (Å²) in [5.41, 5.74) is 1.00. The molecule has 0 bridgehead atoms. The van der Waals surface area contributed by atoms with E-state index in [2.05, 4.69) is 35.4 Å². The van der Waals surface area contributed by atoms with E-state index in [1.807, 2.05) is 0 Å². The average Bonchev–Trinajstić information content (AvgIpc) is 2.85. The number of rotatable bonds is 6. The van der Waals surface area contributed by atoms with Crippen LogP contribution in [0.1, 0.15) is 50.5 Å². The highest BCUT2D eigenvalue weighted by Gasteiger charge is 2.19. The van der Waals surface area contributed by atoms with Gasteiger partial charge in [-0.15, -0.1) is 0 Å². The lowest BCUT2D eigenvalue weighted by atomic mass is 9.94. The van der Waals surface area contributed by atoms with Crippen molar-refractivity contribution in [3.05, 3.63) is 17.5 Å². The van der Waals surface area contributed by atoms with Gasteiger partial charge in [0.25, 0.3) is 0 Å². The van der Waals surface area contributed by atoms with Crippen LogP contribution in [0.5, 0.6) is 0 Å². The van der Waals surface area contributed by atoms with Crippen LogP contribution in [-0.4, -0.2) is 29.7 Å². The number of nitrogens with zero attached hydrogens (tertiary/aromatic N) is 2. The molecule has 0 radical (unpaired) electrons. The van der Waals surface area contributed by atoms with Gasteiger partial charge >= 0.3 is 0 Å². The van der Waals surface area contributed by atoms with Gasteiger partial charge in [0.2, 0.25) is 0 Å². The Kier molecular flexibility index (Phi) is 5.20. The molecule has 1 N–H and O–H groups in total. The molecule has 1 saturated carbocycles. The third-order valence-electron chi connectivity index (χ3n) is 3.77. The summed E-state index contributed by atoms with van der Waals surface area (Å²) in [4.78, 5) is 2.41. The first-order chi connectivity index (χ1) is 8.79. The molecule has 0 unspecified atom stereocenters. The molecule has 1 aromatic heterocycles. The molecule has 2 rings (SSSR count). The number of hydrogen-bond acceptors (Lipinski definition) is 4. The first kappa shape index (κ1) is 13.6. The van der Waals surface area contributed by atoms with Gasteiger partial charge in [-0.1, -0.05) is 31.3 Å². The van der Waals surface area contributed by atoms with E-state index in [4.69, 9.17) is 4.52 Å². The lowest BCUT2D eigenvalue weighted by Crippen LogP contribution is -2.32. The minimum atomic E-state index is 0.723. The molecule has 1 fully saturated rings. The summed E-state index contributed by atoms with van der Waals surface area (Å²) in [6.45, 7) is 4.74. The van der Waals surface area contributed by atoms with E-state index in [1.54, 1.807) is 0 Å². The first-order valence-electron chi connectivity index (χ1n) is 7.15. The van der Waals surface area contributed by atoms with Crippen molar-refractivity contribution in [2.45, 2.75) is 58.2 Å². The van der Waals surface area contributed by atoms with Gasteiger partial charge in [0.15, 0.2) is 5.76 Å². The SMILES string of the molecule is CCNCc1cc(CN(C)C2CCCCC2)on1. The van der Waals surface area contributed by atoms with Crippen LogP contribution in [0, 0.1) is 0 Å². The Morgan fingerprint density at radius 2 is 2.17 bits per heavy atom. The van der Waals surface area contributed by atoms with Gasteiger partial charge < -0.3 is 9.84 Å². The van der Waals surface area contributed by atoms with Gasteiger partial charge in [0.1, 0.15) is 0 Å². The fourth-order valence-electron chi connectivity index (χ4n) is 2.66. The van der Waals surface area contributed by atoms with Crippen molar-refractivity contribution in [3.63, 3.8) is 0 Å². The molecule has 1 aromatic rings. The molecule has 1 aliphatic rings. The minimum absolute atomic E-state index is 0.723. The van der Waals surface area contributed by atoms with E-state index >= 15 is 0 Å². The monoisotopic (exact) mass is 251 g/mol. The molecule has 0 aliphatic heterocycles.